The molecule has 2 unspecified atom stereocenters. The lowest BCUT2D eigenvalue weighted by Gasteiger charge is -2.38. The summed E-state index contributed by atoms with van der Waals surface area (Å²) < 4.78 is 11.1. The van der Waals surface area contributed by atoms with Crippen molar-refractivity contribution in [3.8, 4) is 0 Å². The smallest absolute Gasteiger partial charge is 0.169 e. The van der Waals surface area contributed by atoms with E-state index >= 15 is 0 Å². The molecular formula is C12H20O3. The predicted octanol–water partition coefficient (Wildman–Crippen LogP) is 1.88. The van der Waals surface area contributed by atoms with Gasteiger partial charge in [-0.25, -0.2) is 0 Å². The molecule has 0 aromatic rings. The number of rotatable bonds is 5. The van der Waals surface area contributed by atoms with Crippen molar-refractivity contribution >= 4 is 0 Å². The molecule has 1 N–H and O–H groups in total. The molecule has 0 fully saturated rings. The van der Waals surface area contributed by atoms with Gasteiger partial charge in [0.2, 0.25) is 0 Å². The third-order valence-electron chi connectivity index (χ3n) is 2.64. The second-order valence-electron chi connectivity index (χ2n) is 3.80. The maximum Gasteiger partial charge on any atom is 0.169 e. The van der Waals surface area contributed by atoms with Crippen molar-refractivity contribution in [1.29, 1.82) is 0 Å². The lowest BCUT2D eigenvalue weighted by atomic mass is 9.80. The molecule has 1 rings (SSSR count). The van der Waals surface area contributed by atoms with Crippen molar-refractivity contribution in [2.75, 3.05) is 13.2 Å². The van der Waals surface area contributed by atoms with Crippen LogP contribution in [0, 0.1) is 5.41 Å². The molecule has 0 spiro atoms. The second-order valence-corrected chi connectivity index (χ2v) is 3.80. The summed E-state index contributed by atoms with van der Waals surface area (Å²) in [6, 6.07) is 0. The molecule has 3 nitrogen and oxygen atoms in total. The molecule has 0 aromatic carbocycles. The summed E-state index contributed by atoms with van der Waals surface area (Å²) in [5.41, 5.74) is -0.499. The normalized spacial score (nSPS) is 30.1. The maximum atomic E-state index is 9.95. The average molecular weight is 212 g/mol. The number of allylic oxidation sites excluding steroid dienone is 2. The summed E-state index contributed by atoms with van der Waals surface area (Å²) in [7, 11) is 0. The van der Waals surface area contributed by atoms with Gasteiger partial charge in [-0.1, -0.05) is 24.3 Å². The molecule has 0 aromatic heterocycles. The number of aliphatic hydroxyl groups excluding tert-OH is 1. The van der Waals surface area contributed by atoms with E-state index in [1.807, 2.05) is 39.0 Å². The molecule has 0 saturated carbocycles. The predicted molar refractivity (Wildman–Crippen MR) is 59.4 cm³/mol. The Hall–Kier alpha value is -0.640. The fraction of sp³-hybridized carbons (Fsp3) is 0.667. The van der Waals surface area contributed by atoms with E-state index in [0.717, 1.165) is 0 Å². The molecule has 0 bridgehead atoms. The summed E-state index contributed by atoms with van der Waals surface area (Å²) in [4.78, 5) is 0. The minimum Gasteiger partial charge on any atom is -0.388 e. The molecule has 1 aliphatic carbocycles. The first kappa shape index (κ1) is 12.4. The van der Waals surface area contributed by atoms with Crippen LogP contribution in [0.2, 0.25) is 0 Å². The Morgan fingerprint density at radius 2 is 1.87 bits per heavy atom. The van der Waals surface area contributed by atoms with Crippen LogP contribution >= 0.6 is 0 Å². The molecular weight excluding hydrogens is 192 g/mol. The largest absolute Gasteiger partial charge is 0.388 e. The summed E-state index contributed by atoms with van der Waals surface area (Å²) >= 11 is 0. The van der Waals surface area contributed by atoms with E-state index in [2.05, 4.69) is 0 Å². The van der Waals surface area contributed by atoms with E-state index < -0.39 is 17.8 Å². The van der Waals surface area contributed by atoms with Crippen LogP contribution in [0.15, 0.2) is 24.3 Å². The number of hydrogen-bond acceptors (Lipinski definition) is 3. The maximum absolute atomic E-state index is 9.95. The first-order chi connectivity index (χ1) is 7.15. The van der Waals surface area contributed by atoms with Crippen LogP contribution in [0.25, 0.3) is 0 Å². The van der Waals surface area contributed by atoms with Gasteiger partial charge in [-0.05, 0) is 20.8 Å². The molecule has 2 atom stereocenters. The molecule has 0 radical (unpaired) electrons. The zero-order chi connectivity index (χ0) is 11.3. The van der Waals surface area contributed by atoms with E-state index in [9.17, 15) is 5.11 Å². The number of hydrogen-bond donors (Lipinski definition) is 1. The molecule has 0 amide bonds. The Morgan fingerprint density at radius 3 is 2.33 bits per heavy atom. The fourth-order valence-electron chi connectivity index (χ4n) is 1.67. The van der Waals surface area contributed by atoms with Gasteiger partial charge in [-0.2, -0.15) is 0 Å². The second kappa shape index (κ2) is 5.45. The molecule has 0 saturated heterocycles. The van der Waals surface area contributed by atoms with Gasteiger partial charge in [0.1, 0.15) is 0 Å². The van der Waals surface area contributed by atoms with Crippen LogP contribution in [-0.2, 0) is 9.47 Å². The fourth-order valence-corrected chi connectivity index (χ4v) is 1.67. The molecule has 1 aliphatic rings. The highest BCUT2D eigenvalue weighted by molar-refractivity contribution is 5.21. The third kappa shape index (κ3) is 2.68. The topological polar surface area (TPSA) is 38.7 Å². The van der Waals surface area contributed by atoms with Crippen LogP contribution < -0.4 is 0 Å². The number of ether oxygens (including phenoxy) is 2. The van der Waals surface area contributed by atoms with Crippen LogP contribution in [0.5, 0.6) is 0 Å². The molecule has 86 valence electrons. The summed E-state index contributed by atoms with van der Waals surface area (Å²) in [5.74, 6) is 0. The average Bonchev–Trinajstić information content (AvgIpc) is 2.22. The SMILES string of the molecule is CCOC(OCC)C1(C)C=CC=CC1O. The molecule has 0 aliphatic heterocycles. The molecule has 15 heavy (non-hydrogen) atoms. The van der Waals surface area contributed by atoms with Crippen LogP contribution in [0.3, 0.4) is 0 Å². The Labute approximate surface area is 91.4 Å². The van der Waals surface area contributed by atoms with Crippen molar-refractivity contribution in [3.63, 3.8) is 0 Å². The van der Waals surface area contributed by atoms with Gasteiger partial charge in [-0.3, -0.25) is 0 Å². The molecule has 0 heterocycles. The highest BCUT2D eigenvalue weighted by Gasteiger charge is 2.39. The monoisotopic (exact) mass is 212 g/mol. The third-order valence-corrected chi connectivity index (χ3v) is 2.64. The zero-order valence-corrected chi connectivity index (χ0v) is 9.64. The standard InChI is InChI=1S/C12H20O3/c1-4-14-11(15-5-2)12(3)9-7-6-8-10(12)13/h6-11,13H,4-5H2,1-3H3. The van der Waals surface area contributed by atoms with Crippen molar-refractivity contribution < 1.29 is 14.6 Å². The van der Waals surface area contributed by atoms with Gasteiger partial charge < -0.3 is 14.6 Å². The van der Waals surface area contributed by atoms with Gasteiger partial charge in [0.25, 0.3) is 0 Å². The highest BCUT2D eigenvalue weighted by Crippen LogP contribution is 2.34. The van der Waals surface area contributed by atoms with Crippen molar-refractivity contribution in [3.05, 3.63) is 24.3 Å². The van der Waals surface area contributed by atoms with Crippen molar-refractivity contribution in [1.82, 2.24) is 0 Å². The first-order valence-electron chi connectivity index (χ1n) is 5.42. The van der Waals surface area contributed by atoms with E-state index in [1.54, 1.807) is 6.08 Å². The van der Waals surface area contributed by atoms with Crippen LogP contribution in [0.4, 0.5) is 0 Å². The van der Waals surface area contributed by atoms with Crippen molar-refractivity contribution in [2.45, 2.75) is 33.2 Å². The van der Waals surface area contributed by atoms with Crippen molar-refractivity contribution in [2.24, 2.45) is 5.41 Å². The number of aliphatic hydroxyl groups is 1. The molecule has 3 heteroatoms. The Morgan fingerprint density at radius 1 is 1.27 bits per heavy atom. The lowest BCUT2D eigenvalue weighted by molar-refractivity contribution is -0.203. The lowest BCUT2D eigenvalue weighted by Crippen LogP contribution is -2.44. The van der Waals surface area contributed by atoms with Crippen LogP contribution in [0.1, 0.15) is 20.8 Å². The Bertz CT molecular complexity index is 241. The minimum absolute atomic E-state index is 0.399. The highest BCUT2D eigenvalue weighted by atomic mass is 16.7. The van der Waals surface area contributed by atoms with E-state index in [1.165, 1.54) is 0 Å². The van der Waals surface area contributed by atoms with E-state index in [-0.39, 0.29) is 0 Å². The Balaban J connectivity index is 2.79. The van der Waals surface area contributed by atoms with Gasteiger partial charge >= 0.3 is 0 Å². The first-order valence-corrected chi connectivity index (χ1v) is 5.42. The summed E-state index contributed by atoms with van der Waals surface area (Å²) in [6.07, 6.45) is 6.48. The summed E-state index contributed by atoms with van der Waals surface area (Å²) in [5, 5.41) is 9.95. The zero-order valence-electron chi connectivity index (χ0n) is 9.64. The van der Waals surface area contributed by atoms with Gasteiger partial charge in [0.05, 0.1) is 11.5 Å². The Kier molecular flexibility index (Phi) is 4.51. The van der Waals surface area contributed by atoms with Gasteiger partial charge in [0, 0.05) is 13.2 Å². The van der Waals surface area contributed by atoms with Crippen LogP contribution in [-0.4, -0.2) is 30.7 Å². The quantitative estimate of drug-likeness (QED) is 0.707. The van der Waals surface area contributed by atoms with Gasteiger partial charge in [-0.15, -0.1) is 0 Å². The van der Waals surface area contributed by atoms with E-state index in [4.69, 9.17) is 9.47 Å². The summed E-state index contributed by atoms with van der Waals surface area (Å²) in [6.45, 7) is 6.93. The van der Waals surface area contributed by atoms with E-state index in [0.29, 0.717) is 13.2 Å². The van der Waals surface area contributed by atoms with Gasteiger partial charge in [0.15, 0.2) is 6.29 Å². The minimum atomic E-state index is -0.564.